The number of hydrogen-bond donors (Lipinski definition) is 0. The Hall–Kier alpha value is -1.78. The fourth-order valence-electron chi connectivity index (χ4n) is 0.692. The molecular formula is C13H22O5. The van der Waals surface area contributed by atoms with Crippen LogP contribution in [0, 0.1) is 0 Å². The maximum atomic E-state index is 10.9. The lowest BCUT2D eigenvalue weighted by Crippen LogP contribution is -2.04. The Kier molecular flexibility index (Phi) is 15.7. The van der Waals surface area contributed by atoms with E-state index in [0.717, 1.165) is 25.0 Å². The largest absolute Gasteiger partial charge is 0.505 e. The lowest BCUT2D eigenvalue weighted by Gasteiger charge is -1.98. The van der Waals surface area contributed by atoms with Gasteiger partial charge < -0.3 is 14.2 Å². The second-order valence-corrected chi connectivity index (χ2v) is 3.01. The van der Waals surface area contributed by atoms with Crippen LogP contribution in [0.5, 0.6) is 0 Å². The van der Waals surface area contributed by atoms with E-state index in [1.807, 2.05) is 6.92 Å². The second-order valence-electron chi connectivity index (χ2n) is 3.01. The van der Waals surface area contributed by atoms with Crippen molar-refractivity contribution >= 4 is 11.9 Å². The Morgan fingerprint density at radius 2 is 1.61 bits per heavy atom. The first-order valence-electron chi connectivity index (χ1n) is 5.77. The summed E-state index contributed by atoms with van der Waals surface area (Å²) in [5.74, 6) is -1.04. The summed E-state index contributed by atoms with van der Waals surface area (Å²) in [6.45, 7) is 7.65. The molecule has 0 amide bonds. The number of hydrogen-bond acceptors (Lipinski definition) is 5. The highest BCUT2D eigenvalue weighted by Crippen LogP contribution is 1.90. The van der Waals surface area contributed by atoms with Gasteiger partial charge in [-0.05, 0) is 13.3 Å². The van der Waals surface area contributed by atoms with Gasteiger partial charge in [-0.25, -0.2) is 9.59 Å². The summed E-state index contributed by atoms with van der Waals surface area (Å²) in [5.41, 5.74) is 0. The molecule has 5 nitrogen and oxygen atoms in total. The molecule has 0 N–H and O–H groups in total. The molecule has 0 aliphatic carbocycles. The molecule has 0 rings (SSSR count). The minimum atomic E-state index is -0.528. The third-order valence-electron chi connectivity index (χ3n) is 1.55. The van der Waals surface area contributed by atoms with Crippen molar-refractivity contribution in [2.24, 2.45) is 0 Å². The molecule has 0 aliphatic heterocycles. The number of esters is 2. The van der Waals surface area contributed by atoms with Crippen molar-refractivity contribution in [3.63, 3.8) is 0 Å². The van der Waals surface area contributed by atoms with E-state index in [0.29, 0.717) is 13.2 Å². The molecule has 0 aromatic carbocycles. The van der Waals surface area contributed by atoms with Crippen molar-refractivity contribution < 1.29 is 23.8 Å². The molecule has 5 heteroatoms. The Balaban J connectivity index is 0. The summed E-state index contributed by atoms with van der Waals surface area (Å²) in [5, 5.41) is 0. The zero-order chi connectivity index (χ0) is 14.2. The molecule has 18 heavy (non-hydrogen) atoms. The lowest BCUT2D eigenvalue weighted by atomic mass is 10.4. The van der Waals surface area contributed by atoms with Gasteiger partial charge in [-0.2, -0.15) is 0 Å². The van der Waals surface area contributed by atoms with Crippen LogP contribution in [0.15, 0.2) is 25.0 Å². The fourth-order valence-corrected chi connectivity index (χ4v) is 0.692. The van der Waals surface area contributed by atoms with Crippen LogP contribution < -0.4 is 0 Å². The van der Waals surface area contributed by atoms with Gasteiger partial charge in [0.05, 0.1) is 26.6 Å². The monoisotopic (exact) mass is 258 g/mol. The molecule has 0 radical (unpaired) electrons. The maximum absolute atomic E-state index is 10.9. The summed E-state index contributed by atoms with van der Waals surface area (Å²) in [6, 6.07) is 0. The van der Waals surface area contributed by atoms with Crippen molar-refractivity contribution in [2.45, 2.75) is 26.7 Å². The van der Waals surface area contributed by atoms with Crippen molar-refractivity contribution in [1.29, 1.82) is 0 Å². The molecule has 0 aromatic heterocycles. The zero-order valence-electron chi connectivity index (χ0n) is 11.3. The van der Waals surface area contributed by atoms with Crippen LogP contribution >= 0.6 is 0 Å². The highest BCUT2D eigenvalue weighted by molar-refractivity contribution is 5.91. The summed E-state index contributed by atoms with van der Waals surface area (Å²) >= 11 is 0. The van der Waals surface area contributed by atoms with Gasteiger partial charge in [-0.15, -0.1) is 0 Å². The van der Waals surface area contributed by atoms with Crippen LogP contribution in [0.4, 0.5) is 0 Å². The standard InChI is InChI=1S/C10H16O4.C3H6O/c1-3-5-8-14-10(12)7-6-9(11)13-4-2;1-3-4-2/h6-7H,3-5,8H2,1-2H3;3H,1H2,2H3/b7-6-;. The van der Waals surface area contributed by atoms with Crippen molar-refractivity contribution in [2.75, 3.05) is 20.3 Å². The summed E-state index contributed by atoms with van der Waals surface area (Å²) < 4.78 is 13.7. The van der Waals surface area contributed by atoms with Gasteiger partial charge in [0, 0.05) is 12.2 Å². The van der Waals surface area contributed by atoms with Gasteiger partial charge in [0.15, 0.2) is 0 Å². The number of unbranched alkanes of at least 4 members (excludes halogenated alkanes) is 1. The number of rotatable bonds is 7. The number of ether oxygens (including phenoxy) is 3. The Labute approximate surface area is 108 Å². The van der Waals surface area contributed by atoms with Crippen LogP contribution in [0.1, 0.15) is 26.7 Å². The van der Waals surface area contributed by atoms with Gasteiger partial charge >= 0.3 is 11.9 Å². The summed E-state index contributed by atoms with van der Waals surface area (Å²) in [4.78, 5) is 21.7. The van der Waals surface area contributed by atoms with Crippen LogP contribution in [0.3, 0.4) is 0 Å². The molecule has 0 saturated heterocycles. The van der Waals surface area contributed by atoms with E-state index < -0.39 is 11.9 Å². The van der Waals surface area contributed by atoms with Crippen molar-refractivity contribution in [3.8, 4) is 0 Å². The molecule has 0 atom stereocenters. The van der Waals surface area contributed by atoms with Crippen molar-refractivity contribution in [1.82, 2.24) is 0 Å². The molecule has 0 bridgehead atoms. The van der Waals surface area contributed by atoms with Gasteiger partial charge in [0.2, 0.25) is 0 Å². The molecule has 0 heterocycles. The summed E-state index contributed by atoms with van der Waals surface area (Å²) in [6.07, 6.45) is 5.32. The van der Waals surface area contributed by atoms with Crippen LogP contribution in [-0.4, -0.2) is 32.3 Å². The first kappa shape index (κ1) is 18.6. The van der Waals surface area contributed by atoms with Crippen LogP contribution in [0.2, 0.25) is 0 Å². The molecule has 0 unspecified atom stereocenters. The van der Waals surface area contributed by atoms with E-state index in [4.69, 9.17) is 4.74 Å². The van der Waals surface area contributed by atoms with E-state index in [9.17, 15) is 9.59 Å². The van der Waals surface area contributed by atoms with Crippen molar-refractivity contribution in [3.05, 3.63) is 25.0 Å². The van der Waals surface area contributed by atoms with E-state index in [1.165, 1.54) is 6.26 Å². The third kappa shape index (κ3) is 16.6. The average molecular weight is 258 g/mol. The SMILES string of the molecule is C=COC.CCCCOC(=O)/C=C\C(=O)OCC. The Morgan fingerprint density at radius 3 is 2.00 bits per heavy atom. The fraction of sp³-hybridized carbons (Fsp3) is 0.538. The Bertz CT molecular complexity index is 258. The molecule has 104 valence electrons. The topological polar surface area (TPSA) is 61.8 Å². The summed E-state index contributed by atoms with van der Waals surface area (Å²) in [7, 11) is 1.56. The lowest BCUT2D eigenvalue weighted by molar-refractivity contribution is -0.140. The number of methoxy groups -OCH3 is 1. The highest BCUT2D eigenvalue weighted by atomic mass is 16.5. The van der Waals surface area contributed by atoms with Gasteiger partial charge in [0.25, 0.3) is 0 Å². The predicted molar refractivity (Wildman–Crippen MR) is 68.8 cm³/mol. The molecule has 0 fully saturated rings. The molecular weight excluding hydrogens is 236 g/mol. The predicted octanol–water partition coefficient (Wildman–Crippen LogP) is 2.23. The van der Waals surface area contributed by atoms with Crippen LogP contribution in [0.25, 0.3) is 0 Å². The number of carbonyl (C=O) groups is 2. The molecule has 0 spiro atoms. The Morgan fingerprint density at radius 1 is 1.11 bits per heavy atom. The third-order valence-corrected chi connectivity index (χ3v) is 1.55. The molecule has 0 aliphatic rings. The first-order valence-corrected chi connectivity index (χ1v) is 5.77. The highest BCUT2D eigenvalue weighted by Gasteiger charge is 1.98. The van der Waals surface area contributed by atoms with Gasteiger partial charge in [-0.3, -0.25) is 0 Å². The maximum Gasteiger partial charge on any atom is 0.331 e. The first-order chi connectivity index (χ1) is 8.62. The molecule has 0 saturated carbocycles. The normalized spacial score (nSPS) is 9.06. The minimum absolute atomic E-state index is 0.300. The van der Waals surface area contributed by atoms with E-state index in [-0.39, 0.29) is 0 Å². The van der Waals surface area contributed by atoms with E-state index >= 15 is 0 Å². The van der Waals surface area contributed by atoms with Gasteiger partial charge in [0.1, 0.15) is 0 Å². The van der Waals surface area contributed by atoms with E-state index in [1.54, 1.807) is 14.0 Å². The van der Waals surface area contributed by atoms with Crippen LogP contribution in [-0.2, 0) is 23.8 Å². The second kappa shape index (κ2) is 15.2. The van der Waals surface area contributed by atoms with E-state index in [2.05, 4.69) is 16.1 Å². The van der Waals surface area contributed by atoms with Gasteiger partial charge in [-0.1, -0.05) is 19.9 Å². The molecule has 0 aromatic rings. The average Bonchev–Trinajstić information content (AvgIpc) is 2.37. The minimum Gasteiger partial charge on any atom is -0.505 e. The quantitative estimate of drug-likeness (QED) is 0.303. The zero-order valence-corrected chi connectivity index (χ0v) is 11.3. The smallest absolute Gasteiger partial charge is 0.331 e. The number of carbonyl (C=O) groups excluding carboxylic acids is 2.